The topological polar surface area (TPSA) is 12.0 Å². The molecule has 1 fully saturated rings. The van der Waals surface area contributed by atoms with Gasteiger partial charge in [0.25, 0.3) is 0 Å². The van der Waals surface area contributed by atoms with Crippen molar-refractivity contribution >= 4 is 0 Å². The normalized spacial score (nSPS) is 21.4. The molecule has 1 saturated carbocycles. The first-order chi connectivity index (χ1) is 7.40. The van der Waals surface area contributed by atoms with Gasteiger partial charge in [-0.3, -0.25) is 0 Å². The van der Waals surface area contributed by atoms with Crippen molar-refractivity contribution in [2.45, 2.75) is 40.5 Å². The monoisotopic (exact) mass is 221 g/mol. The van der Waals surface area contributed by atoms with Crippen molar-refractivity contribution in [3.8, 4) is 0 Å². The maximum absolute atomic E-state index is 3.99. The Morgan fingerprint density at radius 3 is 2.25 bits per heavy atom. The van der Waals surface area contributed by atoms with Crippen molar-refractivity contribution in [2.24, 2.45) is 23.2 Å². The molecule has 2 unspecified atom stereocenters. The third-order valence-electron chi connectivity index (χ3n) is 3.57. The molecule has 0 heterocycles. The van der Waals surface area contributed by atoms with E-state index < -0.39 is 0 Å². The molecule has 1 heteroatoms. The van der Waals surface area contributed by atoms with Gasteiger partial charge < -0.3 is 5.32 Å². The summed E-state index contributed by atoms with van der Waals surface area (Å²) in [7, 11) is 2.04. The van der Waals surface area contributed by atoms with Crippen LogP contribution in [0.1, 0.15) is 40.5 Å². The fourth-order valence-corrected chi connectivity index (χ4v) is 2.56. The molecule has 0 spiro atoms. The fourth-order valence-electron chi connectivity index (χ4n) is 2.56. The molecule has 0 aromatic heterocycles. The van der Waals surface area contributed by atoms with E-state index in [-0.39, 0.29) is 0 Å². The van der Waals surface area contributed by atoms with Crippen LogP contribution >= 0.6 is 0 Å². The minimum Gasteiger partial charge on any atom is -0.391 e. The smallest absolute Gasteiger partial charge is 0.00979 e. The Hall–Kier alpha value is -0.720. The summed E-state index contributed by atoms with van der Waals surface area (Å²) in [6.45, 7) is 13.2. The van der Waals surface area contributed by atoms with Crippen molar-refractivity contribution in [3.63, 3.8) is 0 Å². The third-order valence-corrected chi connectivity index (χ3v) is 3.57. The van der Waals surface area contributed by atoms with Crippen molar-refractivity contribution < 1.29 is 0 Å². The summed E-state index contributed by atoms with van der Waals surface area (Å²) in [6.07, 6.45) is 7.23. The van der Waals surface area contributed by atoms with Crippen molar-refractivity contribution in [2.75, 3.05) is 7.05 Å². The van der Waals surface area contributed by atoms with Crippen LogP contribution in [-0.2, 0) is 0 Å². The van der Waals surface area contributed by atoms with Gasteiger partial charge in [-0.2, -0.15) is 0 Å². The summed E-state index contributed by atoms with van der Waals surface area (Å²) in [5, 5.41) is 3.35. The molecule has 0 amide bonds. The molecule has 0 bridgehead atoms. The lowest BCUT2D eigenvalue weighted by Crippen LogP contribution is -2.25. The van der Waals surface area contributed by atoms with Crippen molar-refractivity contribution in [3.05, 3.63) is 24.4 Å². The maximum atomic E-state index is 3.99. The summed E-state index contributed by atoms with van der Waals surface area (Å²) in [5.74, 6) is 1.90. The van der Waals surface area contributed by atoms with E-state index in [1.807, 2.05) is 7.05 Å². The SMILES string of the molecule is C=CC(C(C)/C=C(\NC)C1CC1)C(C)(C)C. The molecule has 1 nitrogen and oxygen atoms in total. The molecule has 0 radical (unpaired) electrons. The predicted octanol–water partition coefficient (Wildman–Crippen LogP) is 3.98. The largest absolute Gasteiger partial charge is 0.391 e. The Balaban J connectivity index is 2.74. The molecule has 92 valence electrons. The van der Waals surface area contributed by atoms with E-state index in [1.165, 1.54) is 18.5 Å². The van der Waals surface area contributed by atoms with Gasteiger partial charge in [0.1, 0.15) is 0 Å². The van der Waals surface area contributed by atoms with Crippen LogP contribution < -0.4 is 5.32 Å². The Morgan fingerprint density at radius 1 is 1.38 bits per heavy atom. The highest BCUT2D eigenvalue weighted by molar-refractivity contribution is 5.13. The summed E-state index contributed by atoms with van der Waals surface area (Å²) in [5.41, 5.74) is 1.73. The van der Waals surface area contributed by atoms with E-state index in [1.54, 1.807) is 0 Å². The zero-order valence-corrected chi connectivity index (χ0v) is 11.5. The van der Waals surface area contributed by atoms with E-state index in [0.717, 1.165) is 5.92 Å². The van der Waals surface area contributed by atoms with E-state index in [4.69, 9.17) is 0 Å². The first-order valence-corrected chi connectivity index (χ1v) is 6.42. The molecule has 1 N–H and O–H groups in total. The van der Waals surface area contributed by atoms with Gasteiger partial charge >= 0.3 is 0 Å². The second-order valence-corrected chi connectivity index (χ2v) is 6.13. The van der Waals surface area contributed by atoms with Crippen LogP contribution in [0.4, 0.5) is 0 Å². The van der Waals surface area contributed by atoms with Crippen molar-refractivity contribution in [1.82, 2.24) is 5.32 Å². The molecule has 0 aliphatic heterocycles. The first kappa shape index (κ1) is 13.3. The first-order valence-electron chi connectivity index (χ1n) is 6.42. The lowest BCUT2D eigenvalue weighted by Gasteiger charge is -2.32. The lowest BCUT2D eigenvalue weighted by molar-refractivity contribution is 0.245. The molecular formula is C15H27N. The Labute approximate surface area is 101 Å². The van der Waals surface area contributed by atoms with E-state index in [9.17, 15) is 0 Å². The van der Waals surface area contributed by atoms with Gasteiger partial charge in [-0.05, 0) is 36.0 Å². The second kappa shape index (κ2) is 5.07. The average molecular weight is 221 g/mol. The van der Waals surface area contributed by atoms with Crippen molar-refractivity contribution in [1.29, 1.82) is 0 Å². The minimum atomic E-state index is 0.292. The molecule has 16 heavy (non-hydrogen) atoms. The Morgan fingerprint density at radius 2 is 1.94 bits per heavy atom. The maximum Gasteiger partial charge on any atom is 0.00979 e. The predicted molar refractivity (Wildman–Crippen MR) is 72.2 cm³/mol. The number of allylic oxidation sites excluding steroid dienone is 3. The minimum absolute atomic E-state index is 0.292. The highest BCUT2D eigenvalue weighted by atomic mass is 14.9. The van der Waals surface area contributed by atoms with Crippen LogP contribution in [0.25, 0.3) is 0 Å². The molecule has 1 rings (SSSR count). The van der Waals surface area contributed by atoms with Gasteiger partial charge in [-0.25, -0.2) is 0 Å². The lowest BCUT2D eigenvalue weighted by atomic mass is 9.73. The number of hydrogen-bond donors (Lipinski definition) is 1. The molecule has 1 aliphatic carbocycles. The summed E-state index contributed by atoms with van der Waals surface area (Å²) < 4.78 is 0. The highest BCUT2D eigenvalue weighted by Gasteiger charge is 2.29. The van der Waals surface area contributed by atoms with Crippen LogP contribution in [0.5, 0.6) is 0 Å². The standard InChI is InChI=1S/C15H27N/c1-7-13(15(3,4)5)11(2)10-14(16-6)12-8-9-12/h7,10-13,16H,1,8-9H2,2-6H3/b14-10-. The Bertz CT molecular complexity index is 266. The number of hydrogen-bond acceptors (Lipinski definition) is 1. The molecular weight excluding hydrogens is 194 g/mol. The van der Waals surface area contributed by atoms with Gasteiger partial charge in [0, 0.05) is 12.7 Å². The summed E-state index contributed by atoms with van der Waals surface area (Å²) in [4.78, 5) is 0. The molecule has 1 aliphatic rings. The van der Waals surface area contributed by atoms with E-state index >= 15 is 0 Å². The molecule has 0 saturated heterocycles. The number of nitrogens with one attached hydrogen (secondary N) is 1. The van der Waals surface area contributed by atoms with Crippen LogP contribution in [0, 0.1) is 23.2 Å². The highest BCUT2D eigenvalue weighted by Crippen LogP contribution is 2.38. The zero-order valence-electron chi connectivity index (χ0n) is 11.5. The third kappa shape index (κ3) is 3.40. The molecule has 0 aromatic carbocycles. The average Bonchev–Trinajstić information content (AvgIpc) is 2.96. The molecule has 0 aromatic rings. The van der Waals surface area contributed by atoms with Gasteiger partial charge in [-0.1, -0.05) is 39.8 Å². The van der Waals surface area contributed by atoms with Crippen LogP contribution in [-0.4, -0.2) is 7.05 Å². The van der Waals surface area contributed by atoms with E-state index in [0.29, 0.717) is 17.3 Å². The van der Waals surface area contributed by atoms with E-state index in [2.05, 4.69) is 51.7 Å². The Kier molecular flexibility index (Phi) is 4.23. The quantitative estimate of drug-likeness (QED) is 0.692. The van der Waals surface area contributed by atoms with Crippen LogP contribution in [0.15, 0.2) is 24.4 Å². The molecule has 2 atom stereocenters. The summed E-state index contributed by atoms with van der Waals surface area (Å²) >= 11 is 0. The summed E-state index contributed by atoms with van der Waals surface area (Å²) in [6, 6.07) is 0. The van der Waals surface area contributed by atoms with Gasteiger partial charge in [-0.15, -0.1) is 6.58 Å². The van der Waals surface area contributed by atoms with Crippen LogP contribution in [0.2, 0.25) is 0 Å². The van der Waals surface area contributed by atoms with Gasteiger partial charge in [0.2, 0.25) is 0 Å². The van der Waals surface area contributed by atoms with Gasteiger partial charge in [0.05, 0.1) is 0 Å². The number of rotatable bonds is 5. The zero-order chi connectivity index (χ0) is 12.3. The van der Waals surface area contributed by atoms with Gasteiger partial charge in [0.15, 0.2) is 0 Å². The second-order valence-electron chi connectivity index (χ2n) is 6.13. The van der Waals surface area contributed by atoms with Crippen LogP contribution in [0.3, 0.4) is 0 Å². The fraction of sp³-hybridized carbons (Fsp3) is 0.733.